The molecule has 2 fully saturated rings. The van der Waals surface area contributed by atoms with Gasteiger partial charge in [-0.1, -0.05) is 0 Å². The Labute approximate surface area is 182 Å². The first kappa shape index (κ1) is 24.8. The van der Waals surface area contributed by atoms with Crippen molar-refractivity contribution < 1.29 is 63.9 Å². The first-order valence-electron chi connectivity index (χ1n) is 9.91. The van der Waals surface area contributed by atoms with Crippen LogP contribution in [0.5, 0.6) is 0 Å². The molecule has 1 saturated carbocycles. The van der Waals surface area contributed by atoms with Crippen LogP contribution < -0.4 is 0 Å². The van der Waals surface area contributed by atoms with Gasteiger partial charge in [0.05, 0.1) is 25.7 Å². The zero-order chi connectivity index (χ0) is 24.0. The summed E-state index contributed by atoms with van der Waals surface area (Å²) in [4.78, 5) is 24.0. The van der Waals surface area contributed by atoms with E-state index in [2.05, 4.69) is 4.74 Å². The molecule has 32 heavy (non-hydrogen) atoms. The van der Waals surface area contributed by atoms with Gasteiger partial charge in [-0.15, -0.1) is 0 Å². The molecule has 13 heteroatoms. The van der Waals surface area contributed by atoms with Gasteiger partial charge in [-0.05, 0) is 6.92 Å². The van der Waals surface area contributed by atoms with Gasteiger partial charge < -0.3 is 54.3 Å². The number of methoxy groups -OCH3 is 1. The number of carbonyl (C=O) groups is 2. The molecule has 2 heterocycles. The Morgan fingerprint density at radius 2 is 1.81 bits per heavy atom. The number of aliphatic hydroxyl groups is 6. The molecular weight excluding hydrogens is 436 g/mol. The van der Waals surface area contributed by atoms with E-state index in [4.69, 9.17) is 18.9 Å². The second-order valence-electron chi connectivity index (χ2n) is 8.29. The summed E-state index contributed by atoms with van der Waals surface area (Å²) in [6.07, 6.45) is -10.8. The van der Waals surface area contributed by atoms with Crippen molar-refractivity contribution in [1.82, 2.24) is 0 Å². The van der Waals surface area contributed by atoms with Crippen molar-refractivity contribution in [2.45, 2.75) is 74.6 Å². The van der Waals surface area contributed by atoms with Crippen molar-refractivity contribution >= 4 is 11.9 Å². The highest BCUT2D eigenvalue weighted by atomic mass is 16.8. The van der Waals surface area contributed by atoms with Crippen molar-refractivity contribution in [2.24, 2.45) is 5.92 Å². The van der Waals surface area contributed by atoms with Crippen molar-refractivity contribution in [3.05, 3.63) is 11.8 Å². The fourth-order valence-corrected chi connectivity index (χ4v) is 4.67. The lowest BCUT2D eigenvalue weighted by molar-refractivity contribution is -0.352. The fraction of sp³-hybridized carbons (Fsp3) is 0.789. The third-order valence-electron chi connectivity index (χ3n) is 6.16. The molecule has 0 amide bonds. The van der Waals surface area contributed by atoms with E-state index in [9.17, 15) is 40.2 Å². The molecule has 0 radical (unpaired) electrons. The highest BCUT2D eigenvalue weighted by Gasteiger charge is 2.70. The molecule has 1 saturated heterocycles. The third kappa shape index (κ3) is 3.88. The minimum atomic E-state index is -2.34. The Morgan fingerprint density at radius 1 is 1.16 bits per heavy atom. The summed E-state index contributed by atoms with van der Waals surface area (Å²) >= 11 is 0. The number of esters is 2. The molecule has 0 aromatic carbocycles. The van der Waals surface area contributed by atoms with E-state index in [1.54, 1.807) is 0 Å². The van der Waals surface area contributed by atoms with Gasteiger partial charge in [0.25, 0.3) is 0 Å². The monoisotopic (exact) mass is 464 g/mol. The molecule has 0 aromatic rings. The molecule has 10 atom stereocenters. The lowest BCUT2D eigenvalue weighted by atomic mass is 9.76. The largest absolute Gasteiger partial charge is 0.471 e. The number of aliphatic hydroxyl groups excluding tert-OH is 5. The maximum Gasteiger partial charge on any atom is 0.339 e. The highest BCUT2D eigenvalue weighted by molar-refractivity contribution is 5.91. The zero-order valence-corrected chi connectivity index (χ0v) is 17.7. The van der Waals surface area contributed by atoms with Gasteiger partial charge >= 0.3 is 11.9 Å². The first-order valence-corrected chi connectivity index (χ1v) is 9.91. The van der Waals surface area contributed by atoms with E-state index < -0.39 is 84.3 Å². The van der Waals surface area contributed by atoms with Gasteiger partial charge in [0.1, 0.15) is 47.5 Å². The van der Waals surface area contributed by atoms with E-state index >= 15 is 0 Å². The second kappa shape index (κ2) is 8.83. The van der Waals surface area contributed by atoms with Crippen molar-refractivity contribution in [1.29, 1.82) is 0 Å². The summed E-state index contributed by atoms with van der Waals surface area (Å²) < 4.78 is 26.4. The molecule has 13 nitrogen and oxygen atoms in total. The Hall–Kier alpha value is -1.84. The average Bonchev–Trinajstić information content (AvgIpc) is 2.93. The molecule has 6 N–H and O–H groups in total. The van der Waals surface area contributed by atoms with E-state index in [0.717, 1.165) is 20.3 Å². The molecule has 0 aromatic heterocycles. The fourth-order valence-electron chi connectivity index (χ4n) is 4.67. The molecule has 0 spiro atoms. The van der Waals surface area contributed by atoms with Crippen LogP contribution in [0.3, 0.4) is 0 Å². The van der Waals surface area contributed by atoms with Gasteiger partial charge in [-0.25, -0.2) is 4.79 Å². The zero-order valence-electron chi connectivity index (χ0n) is 17.7. The molecular formula is C19H28O13. The Morgan fingerprint density at radius 3 is 2.38 bits per heavy atom. The first-order chi connectivity index (χ1) is 14.9. The Balaban J connectivity index is 1.99. The summed E-state index contributed by atoms with van der Waals surface area (Å²) in [5, 5.41) is 61.7. The van der Waals surface area contributed by atoms with Crippen LogP contribution in [0.4, 0.5) is 0 Å². The van der Waals surface area contributed by atoms with E-state index in [-0.39, 0.29) is 6.42 Å². The maximum absolute atomic E-state index is 12.3. The molecule has 3 rings (SSSR count). The lowest BCUT2D eigenvalue weighted by Crippen LogP contribution is -2.63. The van der Waals surface area contributed by atoms with Crippen molar-refractivity contribution in [2.75, 3.05) is 13.7 Å². The average molecular weight is 464 g/mol. The molecule has 2 aliphatic heterocycles. The lowest BCUT2D eigenvalue weighted by Gasteiger charge is -2.47. The Kier molecular flexibility index (Phi) is 6.85. The predicted octanol–water partition coefficient (Wildman–Crippen LogP) is -3.35. The van der Waals surface area contributed by atoms with Crippen LogP contribution >= 0.6 is 0 Å². The third-order valence-corrected chi connectivity index (χ3v) is 6.16. The molecule has 182 valence electrons. The standard InChI is InChI=1S/C19H28O13/c1-7(21)32-18(2)4-10(22)19(27)8(15(26)28-3)6-29-17(14(18)19)31-16-13(25)12(24)11(23)9(5-20)30-16/h6,9-14,16-17,20,22-25,27H,4-5H2,1-3H3/t9-,10-,11-,12+,13-,14-,16+,17+,18+,19-/m1/s1. The highest BCUT2D eigenvalue weighted by Crippen LogP contribution is 2.54. The van der Waals surface area contributed by atoms with Crippen LogP contribution in [-0.2, 0) is 33.3 Å². The molecule has 0 bridgehead atoms. The smallest absolute Gasteiger partial charge is 0.339 e. The van der Waals surface area contributed by atoms with Crippen LogP contribution in [0.2, 0.25) is 0 Å². The minimum Gasteiger partial charge on any atom is -0.471 e. The van der Waals surface area contributed by atoms with E-state index in [0.29, 0.717) is 0 Å². The van der Waals surface area contributed by atoms with Crippen LogP contribution in [0.15, 0.2) is 11.8 Å². The van der Waals surface area contributed by atoms with E-state index in [1.807, 2.05) is 0 Å². The minimum absolute atomic E-state index is 0.306. The van der Waals surface area contributed by atoms with Crippen LogP contribution in [0.1, 0.15) is 20.3 Å². The SMILES string of the molecule is COC(=O)C1=CO[C@@H](O[C@@H]2O[C@H](CO)[C@@H](O)[C@H](O)[C@H]2O)[C@H]2[C@]1(O)[C@H](O)C[C@]2(C)OC(C)=O. The number of hydrogen-bond acceptors (Lipinski definition) is 13. The van der Waals surface area contributed by atoms with Crippen molar-refractivity contribution in [3.63, 3.8) is 0 Å². The van der Waals surface area contributed by atoms with Gasteiger partial charge in [-0.2, -0.15) is 0 Å². The van der Waals surface area contributed by atoms with Gasteiger partial charge in [0, 0.05) is 13.3 Å². The summed E-state index contributed by atoms with van der Waals surface area (Å²) in [7, 11) is 1.06. The Bertz CT molecular complexity index is 768. The normalized spacial score (nSPS) is 46.0. The number of carbonyl (C=O) groups excluding carboxylic acids is 2. The molecule has 1 aliphatic carbocycles. The maximum atomic E-state index is 12.3. The molecule has 3 aliphatic rings. The van der Waals surface area contributed by atoms with Gasteiger partial charge in [-0.3, -0.25) is 4.79 Å². The van der Waals surface area contributed by atoms with Gasteiger partial charge in [0.2, 0.25) is 6.29 Å². The van der Waals surface area contributed by atoms with Crippen LogP contribution in [-0.4, -0.2) is 111 Å². The van der Waals surface area contributed by atoms with Crippen molar-refractivity contribution in [3.8, 4) is 0 Å². The quantitative estimate of drug-likeness (QED) is 0.221. The summed E-state index contributed by atoms with van der Waals surface area (Å²) in [6, 6.07) is 0. The number of ether oxygens (including phenoxy) is 5. The van der Waals surface area contributed by atoms with Gasteiger partial charge in [0.15, 0.2) is 6.29 Å². The molecule has 0 unspecified atom stereocenters. The summed E-state index contributed by atoms with van der Waals surface area (Å²) in [5.74, 6) is -3.17. The predicted molar refractivity (Wildman–Crippen MR) is 99.1 cm³/mol. The topological polar surface area (TPSA) is 202 Å². The van der Waals surface area contributed by atoms with Crippen LogP contribution in [0.25, 0.3) is 0 Å². The van der Waals surface area contributed by atoms with E-state index in [1.165, 1.54) is 6.92 Å². The van der Waals surface area contributed by atoms with Crippen LogP contribution in [0, 0.1) is 5.92 Å². The number of hydrogen-bond donors (Lipinski definition) is 6. The number of fused-ring (bicyclic) bond motifs is 1. The number of rotatable bonds is 5. The summed E-state index contributed by atoms with van der Waals surface area (Å²) in [5.41, 5.74) is -4.39. The summed E-state index contributed by atoms with van der Waals surface area (Å²) in [6.45, 7) is 1.80. The second-order valence-corrected chi connectivity index (χ2v) is 8.29.